The molecule has 0 atom stereocenters. The zero-order valence-electron chi connectivity index (χ0n) is 10.9. The van der Waals surface area contributed by atoms with Crippen LogP contribution in [0.1, 0.15) is 24.0 Å². The summed E-state index contributed by atoms with van der Waals surface area (Å²) in [6, 6.07) is 4.14. The van der Waals surface area contributed by atoms with Crippen LogP contribution in [0.5, 0.6) is 0 Å². The number of aromatic nitrogens is 3. The molecular formula is C13H19ClN4. The normalized spacial score (nSPS) is 11.1. The highest BCUT2D eigenvalue weighted by Gasteiger charge is 2.13. The summed E-state index contributed by atoms with van der Waals surface area (Å²) in [7, 11) is 0. The maximum Gasteiger partial charge on any atom is 0.0865 e. The summed E-state index contributed by atoms with van der Waals surface area (Å²) >= 11 is 6.32. The molecule has 18 heavy (non-hydrogen) atoms. The van der Waals surface area contributed by atoms with Crippen LogP contribution in [-0.2, 0) is 19.5 Å². The Morgan fingerprint density at radius 3 is 2.89 bits per heavy atom. The van der Waals surface area contributed by atoms with Crippen molar-refractivity contribution >= 4 is 11.6 Å². The number of hydrogen-bond acceptors (Lipinski definition) is 2. The van der Waals surface area contributed by atoms with Crippen LogP contribution in [0.25, 0.3) is 0 Å². The molecule has 2 rings (SSSR count). The van der Waals surface area contributed by atoms with Gasteiger partial charge in [0.15, 0.2) is 0 Å². The molecule has 2 aromatic rings. The summed E-state index contributed by atoms with van der Waals surface area (Å²) in [5.74, 6) is 0. The number of nitrogens with zero attached hydrogens (tertiary/aromatic N) is 3. The molecule has 0 bridgehead atoms. The highest BCUT2D eigenvalue weighted by Crippen LogP contribution is 2.22. The van der Waals surface area contributed by atoms with E-state index in [0.717, 1.165) is 35.9 Å². The number of halogens is 1. The molecule has 2 N–H and O–H groups in total. The molecule has 0 aliphatic rings. The van der Waals surface area contributed by atoms with Gasteiger partial charge in [-0.1, -0.05) is 11.6 Å². The minimum absolute atomic E-state index is 0.657. The van der Waals surface area contributed by atoms with Crippen molar-refractivity contribution in [1.29, 1.82) is 0 Å². The van der Waals surface area contributed by atoms with Gasteiger partial charge in [-0.25, -0.2) is 0 Å². The molecular weight excluding hydrogens is 248 g/mol. The van der Waals surface area contributed by atoms with E-state index in [2.05, 4.69) is 28.9 Å². The molecule has 0 saturated carbocycles. The van der Waals surface area contributed by atoms with Crippen LogP contribution in [-0.4, -0.2) is 20.9 Å². The van der Waals surface area contributed by atoms with E-state index in [1.165, 1.54) is 5.69 Å². The van der Waals surface area contributed by atoms with Gasteiger partial charge in [-0.05, 0) is 38.9 Å². The molecule has 2 heterocycles. The third-order valence-corrected chi connectivity index (χ3v) is 3.59. The molecule has 0 saturated heterocycles. The van der Waals surface area contributed by atoms with Crippen LogP contribution in [0.15, 0.2) is 18.3 Å². The molecule has 0 aromatic carbocycles. The molecule has 0 aliphatic heterocycles. The maximum absolute atomic E-state index is 6.32. The summed E-state index contributed by atoms with van der Waals surface area (Å²) in [6.07, 6.45) is 2.94. The second kappa shape index (κ2) is 5.59. The van der Waals surface area contributed by atoms with E-state index in [1.807, 2.05) is 17.7 Å². The van der Waals surface area contributed by atoms with E-state index in [-0.39, 0.29) is 0 Å². The van der Waals surface area contributed by atoms with Gasteiger partial charge in [0.1, 0.15) is 0 Å². The van der Waals surface area contributed by atoms with Crippen LogP contribution < -0.4 is 5.73 Å². The fraction of sp³-hybridized carbons (Fsp3) is 0.462. The standard InChI is InChI=1S/C13H19ClN4/c1-3-18-12(13(14)10(2)16-18)9-17-8-4-5-11(17)6-7-15/h4-5,8H,3,6-7,9,15H2,1-2H3. The van der Waals surface area contributed by atoms with E-state index >= 15 is 0 Å². The largest absolute Gasteiger partial charge is 0.345 e. The topological polar surface area (TPSA) is 48.8 Å². The SMILES string of the molecule is CCn1nc(C)c(Cl)c1Cn1cccc1CCN. The predicted octanol–water partition coefficient (Wildman–Crippen LogP) is 2.22. The van der Waals surface area contributed by atoms with Gasteiger partial charge in [-0.2, -0.15) is 5.10 Å². The van der Waals surface area contributed by atoms with Gasteiger partial charge < -0.3 is 10.3 Å². The van der Waals surface area contributed by atoms with Gasteiger partial charge in [-0.15, -0.1) is 0 Å². The Balaban J connectivity index is 2.30. The first-order chi connectivity index (χ1) is 8.67. The minimum Gasteiger partial charge on any atom is -0.345 e. The lowest BCUT2D eigenvalue weighted by Gasteiger charge is -2.10. The monoisotopic (exact) mass is 266 g/mol. The minimum atomic E-state index is 0.657. The van der Waals surface area contributed by atoms with Crippen LogP contribution in [0.3, 0.4) is 0 Å². The summed E-state index contributed by atoms with van der Waals surface area (Å²) in [4.78, 5) is 0. The summed E-state index contributed by atoms with van der Waals surface area (Å²) in [5.41, 5.74) is 8.80. The third-order valence-electron chi connectivity index (χ3n) is 3.10. The van der Waals surface area contributed by atoms with Crippen LogP contribution >= 0.6 is 11.6 Å². The van der Waals surface area contributed by atoms with Crippen molar-refractivity contribution in [3.63, 3.8) is 0 Å². The van der Waals surface area contributed by atoms with Crippen molar-refractivity contribution in [3.05, 3.63) is 40.4 Å². The van der Waals surface area contributed by atoms with Gasteiger partial charge in [0.2, 0.25) is 0 Å². The van der Waals surface area contributed by atoms with Crippen molar-refractivity contribution in [2.24, 2.45) is 5.73 Å². The van der Waals surface area contributed by atoms with Crippen LogP contribution in [0, 0.1) is 6.92 Å². The van der Waals surface area contributed by atoms with E-state index < -0.39 is 0 Å². The van der Waals surface area contributed by atoms with Crippen LogP contribution in [0.2, 0.25) is 5.02 Å². The highest BCUT2D eigenvalue weighted by atomic mass is 35.5. The smallest absolute Gasteiger partial charge is 0.0865 e. The van der Waals surface area contributed by atoms with Crippen molar-refractivity contribution in [2.75, 3.05) is 6.54 Å². The van der Waals surface area contributed by atoms with Crippen molar-refractivity contribution in [2.45, 2.75) is 33.4 Å². The molecule has 0 spiro atoms. The van der Waals surface area contributed by atoms with Crippen molar-refractivity contribution < 1.29 is 0 Å². The molecule has 98 valence electrons. The van der Waals surface area contributed by atoms with E-state index in [9.17, 15) is 0 Å². The van der Waals surface area contributed by atoms with Crippen LogP contribution in [0.4, 0.5) is 0 Å². The molecule has 0 aliphatic carbocycles. The van der Waals surface area contributed by atoms with Gasteiger partial charge in [0.25, 0.3) is 0 Å². The lowest BCUT2D eigenvalue weighted by molar-refractivity contribution is 0.591. The number of nitrogens with two attached hydrogens (primary N) is 1. The molecule has 4 nitrogen and oxygen atoms in total. The Morgan fingerprint density at radius 1 is 1.44 bits per heavy atom. The van der Waals surface area contributed by atoms with Crippen molar-refractivity contribution in [3.8, 4) is 0 Å². The number of rotatable bonds is 5. The van der Waals surface area contributed by atoms with E-state index in [4.69, 9.17) is 17.3 Å². The number of aryl methyl sites for hydroxylation is 2. The molecule has 5 heteroatoms. The van der Waals surface area contributed by atoms with Gasteiger partial charge in [-0.3, -0.25) is 4.68 Å². The maximum atomic E-state index is 6.32. The molecule has 2 aromatic heterocycles. The summed E-state index contributed by atoms with van der Waals surface area (Å²) in [5, 5.41) is 5.20. The second-order valence-electron chi connectivity index (χ2n) is 4.33. The first kappa shape index (κ1) is 13.2. The Kier molecular flexibility index (Phi) is 4.09. The second-order valence-corrected chi connectivity index (χ2v) is 4.71. The first-order valence-electron chi connectivity index (χ1n) is 6.23. The zero-order chi connectivity index (χ0) is 13.1. The summed E-state index contributed by atoms with van der Waals surface area (Å²) in [6.45, 7) is 6.24. The lowest BCUT2D eigenvalue weighted by Crippen LogP contribution is -2.12. The van der Waals surface area contributed by atoms with Gasteiger partial charge in [0.05, 0.1) is 23.0 Å². The average Bonchev–Trinajstić information content (AvgIpc) is 2.90. The van der Waals surface area contributed by atoms with E-state index in [1.54, 1.807) is 0 Å². The molecule has 0 unspecified atom stereocenters. The number of hydrogen-bond donors (Lipinski definition) is 1. The van der Waals surface area contributed by atoms with E-state index in [0.29, 0.717) is 6.54 Å². The Bertz CT molecular complexity index is 527. The lowest BCUT2D eigenvalue weighted by atomic mass is 10.3. The van der Waals surface area contributed by atoms with Crippen molar-refractivity contribution in [1.82, 2.24) is 14.3 Å². The molecule has 0 radical (unpaired) electrons. The average molecular weight is 267 g/mol. The van der Waals surface area contributed by atoms with Gasteiger partial charge >= 0.3 is 0 Å². The van der Waals surface area contributed by atoms with Gasteiger partial charge in [0, 0.05) is 18.4 Å². The molecule has 0 amide bonds. The Labute approximate surface area is 112 Å². The zero-order valence-corrected chi connectivity index (χ0v) is 11.6. The quantitative estimate of drug-likeness (QED) is 0.902. The predicted molar refractivity (Wildman–Crippen MR) is 73.9 cm³/mol. The fourth-order valence-corrected chi connectivity index (χ4v) is 2.36. The summed E-state index contributed by atoms with van der Waals surface area (Å²) < 4.78 is 4.14. The first-order valence-corrected chi connectivity index (χ1v) is 6.61. The Hall–Kier alpha value is -1.26. The fourth-order valence-electron chi connectivity index (χ4n) is 2.16. The Morgan fingerprint density at radius 2 is 2.22 bits per heavy atom. The third kappa shape index (κ3) is 2.44. The highest BCUT2D eigenvalue weighted by molar-refractivity contribution is 6.31. The molecule has 0 fully saturated rings.